The molecule has 0 saturated carbocycles. The third kappa shape index (κ3) is 4.84. The van der Waals surface area contributed by atoms with Crippen LogP contribution in [0.5, 0.6) is 0 Å². The highest BCUT2D eigenvalue weighted by Crippen LogP contribution is 2.28. The van der Waals surface area contributed by atoms with Crippen LogP contribution in [0.3, 0.4) is 0 Å². The van der Waals surface area contributed by atoms with Crippen molar-refractivity contribution in [3.63, 3.8) is 0 Å². The van der Waals surface area contributed by atoms with E-state index in [2.05, 4.69) is 0 Å². The number of ether oxygens (including phenoxy) is 1. The molecular formula is C22H21ClN4O7S. The van der Waals surface area contributed by atoms with Crippen LogP contribution in [0.15, 0.2) is 63.0 Å². The summed E-state index contributed by atoms with van der Waals surface area (Å²) in [6.07, 6.45) is 0. The van der Waals surface area contributed by atoms with Gasteiger partial charge in [-0.05, 0) is 30.3 Å². The number of ketones is 1. The average Bonchev–Trinajstić information content (AvgIpc) is 2.85. The number of aromatic nitrogens is 2. The fourth-order valence-electron chi connectivity index (χ4n) is 3.16. The summed E-state index contributed by atoms with van der Waals surface area (Å²) < 4.78 is 33.8. The van der Waals surface area contributed by atoms with Gasteiger partial charge >= 0.3 is 11.7 Å². The molecule has 13 heteroatoms. The van der Waals surface area contributed by atoms with Crippen LogP contribution in [0.2, 0.25) is 5.02 Å². The Labute approximate surface area is 205 Å². The second-order valence-corrected chi connectivity index (χ2v) is 9.76. The molecule has 2 N–H and O–H groups in total. The quantitative estimate of drug-likeness (QED) is 0.360. The normalized spacial score (nSPS) is 11.2. The van der Waals surface area contributed by atoms with E-state index in [1.54, 1.807) is 30.3 Å². The summed E-state index contributed by atoms with van der Waals surface area (Å²) in [6, 6.07) is 11.7. The van der Waals surface area contributed by atoms with Crippen molar-refractivity contribution in [3.8, 4) is 0 Å². The molecule has 0 amide bonds. The van der Waals surface area contributed by atoms with Gasteiger partial charge in [0.05, 0.1) is 16.3 Å². The fraction of sp³-hybridized carbons (Fsp3) is 0.182. The van der Waals surface area contributed by atoms with E-state index < -0.39 is 45.2 Å². The van der Waals surface area contributed by atoms with Crippen molar-refractivity contribution in [2.75, 3.05) is 23.7 Å². The molecule has 35 heavy (non-hydrogen) atoms. The number of hydrogen-bond donors (Lipinski definition) is 1. The molecule has 0 fully saturated rings. The molecule has 11 nitrogen and oxygen atoms in total. The van der Waals surface area contributed by atoms with Gasteiger partial charge in [0, 0.05) is 21.1 Å². The number of anilines is 2. The first kappa shape index (κ1) is 25.7. The van der Waals surface area contributed by atoms with Crippen molar-refractivity contribution < 1.29 is 22.7 Å². The highest BCUT2D eigenvalue weighted by molar-refractivity contribution is 7.93. The van der Waals surface area contributed by atoms with Crippen LogP contribution in [0.25, 0.3) is 0 Å². The Morgan fingerprint density at radius 3 is 2.31 bits per heavy atom. The first-order valence-corrected chi connectivity index (χ1v) is 11.8. The molecule has 1 heterocycles. The van der Waals surface area contributed by atoms with Crippen LogP contribution in [0.1, 0.15) is 20.7 Å². The Hall–Kier alpha value is -3.90. The number of nitrogens with two attached hydrogens (primary N) is 1. The number of sulfonamides is 1. The molecule has 0 saturated heterocycles. The maximum Gasteiger partial charge on any atom is 0.338 e. The summed E-state index contributed by atoms with van der Waals surface area (Å²) in [5.41, 5.74) is 3.75. The van der Waals surface area contributed by atoms with Gasteiger partial charge in [-0.1, -0.05) is 29.8 Å². The second-order valence-electron chi connectivity index (χ2n) is 7.42. The SMILES string of the molecule is CN(c1ccccc1)S(=O)(=O)c1cc(C(=O)OCC(=O)c2c(N)n(C)c(=O)n(C)c2=O)ccc1Cl. The van der Waals surface area contributed by atoms with E-state index >= 15 is 0 Å². The molecule has 1 aromatic heterocycles. The van der Waals surface area contributed by atoms with E-state index in [1.807, 2.05) is 0 Å². The Bertz CT molecular complexity index is 1550. The minimum atomic E-state index is -4.14. The number of carbonyl (C=O) groups excluding carboxylic acids is 2. The number of Topliss-reactive ketones (excluding diaryl/α,β-unsaturated/α-hetero) is 1. The molecule has 184 valence electrons. The van der Waals surface area contributed by atoms with Gasteiger partial charge in [-0.25, -0.2) is 18.0 Å². The van der Waals surface area contributed by atoms with Crippen LogP contribution in [-0.4, -0.2) is 43.0 Å². The molecular weight excluding hydrogens is 500 g/mol. The van der Waals surface area contributed by atoms with Gasteiger partial charge in [-0.15, -0.1) is 0 Å². The van der Waals surface area contributed by atoms with E-state index in [9.17, 15) is 27.6 Å². The fourth-order valence-corrected chi connectivity index (χ4v) is 4.86. The number of carbonyl (C=O) groups is 2. The van der Waals surface area contributed by atoms with Gasteiger partial charge in [0.15, 0.2) is 6.61 Å². The molecule has 3 aromatic rings. The summed E-state index contributed by atoms with van der Waals surface area (Å²) in [6.45, 7) is -0.870. The smallest absolute Gasteiger partial charge is 0.338 e. The predicted molar refractivity (Wildman–Crippen MR) is 129 cm³/mol. The van der Waals surface area contributed by atoms with Crippen LogP contribution in [0, 0.1) is 0 Å². The molecule has 0 atom stereocenters. The molecule has 0 aliphatic carbocycles. The topological polar surface area (TPSA) is 151 Å². The number of esters is 1. The maximum atomic E-state index is 13.1. The third-order valence-electron chi connectivity index (χ3n) is 5.25. The molecule has 0 unspecified atom stereocenters. The zero-order chi connectivity index (χ0) is 26.1. The Balaban J connectivity index is 1.86. The van der Waals surface area contributed by atoms with E-state index in [0.717, 1.165) is 14.9 Å². The van der Waals surface area contributed by atoms with Gasteiger partial charge in [0.25, 0.3) is 15.6 Å². The van der Waals surface area contributed by atoms with Crippen LogP contribution >= 0.6 is 11.6 Å². The lowest BCUT2D eigenvalue weighted by molar-refractivity contribution is 0.0474. The van der Waals surface area contributed by atoms with Gasteiger partial charge in [0.1, 0.15) is 16.3 Å². The molecule has 2 aromatic carbocycles. The lowest BCUT2D eigenvalue weighted by Gasteiger charge is -2.20. The zero-order valence-corrected chi connectivity index (χ0v) is 20.5. The third-order valence-corrected chi connectivity index (χ3v) is 7.52. The summed E-state index contributed by atoms with van der Waals surface area (Å²) in [5, 5.41) is -0.123. The Morgan fingerprint density at radius 2 is 1.69 bits per heavy atom. The minimum Gasteiger partial charge on any atom is -0.454 e. The van der Waals surface area contributed by atoms with E-state index in [-0.39, 0.29) is 21.3 Å². The number of rotatable bonds is 7. The first-order chi connectivity index (χ1) is 16.4. The monoisotopic (exact) mass is 520 g/mol. The largest absolute Gasteiger partial charge is 0.454 e. The highest BCUT2D eigenvalue weighted by Gasteiger charge is 2.26. The van der Waals surface area contributed by atoms with Crippen molar-refractivity contribution >= 4 is 44.9 Å². The van der Waals surface area contributed by atoms with Crippen molar-refractivity contribution in [1.29, 1.82) is 0 Å². The molecule has 0 aliphatic rings. The van der Waals surface area contributed by atoms with E-state index in [4.69, 9.17) is 22.1 Å². The Kier molecular flexibility index (Phi) is 7.17. The summed E-state index contributed by atoms with van der Waals surface area (Å²) in [4.78, 5) is 49.0. The second kappa shape index (κ2) is 9.76. The van der Waals surface area contributed by atoms with Crippen molar-refractivity contribution in [2.45, 2.75) is 4.90 Å². The molecule has 0 aliphatic heterocycles. The van der Waals surface area contributed by atoms with Gasteiger partial charge in [-0.3, -0.25) is 23.0 Å². The van der Waals surface area contributed by atoms with Crippen LogP contribution < -0.4 is 21.3 Å². The Morgan fingerprint density at radius 1 is 1.06 bits per heavy atom. The predicted octanol–water partition coefficient (Wildman–Crippen LogP) is 1.18. The lowest BCUT2D eigenvalue weighted by atomic mass is 10.2. The van der Waals surface area contributed by atoms with Gasteiger partial charge in [0.2, 0.25) is 5.78 Å². The van der Waals surface area contributed by atoms with E-state index in [0.29, 0.717) is 10.3 Å². The van der Waals surface area contributed by atoms with Crippen molar-refractivity contribution in [3.05, 3.63) is 85.5 Å². The molecule has 0 spiro atoms. The van der Waals surface area contributed by atoms with Crippen LogP contribution in [0.4, 0.5) is 11.5 Å². The summed E-state index contributed by atoms with van der Waals surface area (Å²) in [5.74, 6) is -2.34. The maximum absolute atomic E-state index is 13.1. The number of para-hydroxylation sites is 1. The zero-order valence-electron chi connectivity index (χ0n) is 18.9. The van der Waals surface area contributed by atoms with Gasteiger partial charge < -0.3 is 10.5 Å². The number of hydrogen-bond acceptors (Lipinski definition) is 8. The van der Waals surface area contributed by atoms with Crippen LogP contribution in [-0.2, 0) is 28.9 Å². The lowest BCUT2D eigenvalue weighted by Crippen LogP contribution is -2.42. The number of nitrogens with zero attached hydrogens (tertiary/aromatic N) is 3. The minimum absolute atomic E-state index is 0.123. The average molecular weight is 521 g/mol. The number of nitrogen functional groups attached to an aromatic ring is 1. The number of halogens is 1. The molecule has 3 rings (SSSR count). The highest BCUT2D eigenvalue weighted by atomic mass is 35.5. The summed E-state index contributed by atoms with van der Waals surface area (Å²) >= 11 is 6.11. The number of benzene rings is 2. The van der Waals surface area contributed by atoms with Crippen molar-refractivity contribution in [2.24, 2.45) is 14.1 Å². The summed E-state index contributed by atoms with van der Waals surface area (Å²) in [7, 11) is -0.353. The standard InChI is InChI=1S/C22H21ClN4O7S/c1-25-19(24)18(20(29)26(2)22(25)31)16(28)12-34-21(30)13-9-10-15(23)17(11-13)35(32,33)27(3)14-7-5-4-6-8-14/h4-11H,12,24H2,1-3H3. The van der Waals surface area contributed by atoms with Gasteiger partial charge in [-0.2, -0.15) is 0 Å². The van der Waals surface area contributed by atoms with E-state index in [1.165, 1.54) is 33.3 Å². The van der Waals surface area contributed by atoms with Crippen molar-refractivity contribution in [1.82, 2.24) is 9.13 Å². The first-order valence-electron chi connectivity index (χ1n) is 9.97. The molecule has 0 bridgehead atoms. The molecule has 0 radical (unpaired) electrons.